The van der Waals surface area contributed by atoms with E-state index < -0.39 is 0 Å². The van der Waals surface area contributed by atoms with Crippen molar-refractivity contribution in [1.29, 1.82) is 0 Å². The van der Waals surface area contributed by atoms with Gasteiger partial charge in [-0.2, -0.15) is 0 Å². The van der Waals surface area contributed by atoms with E-state index in [0.717, 1.165) is 12.1 Å². The average molecular weight is 150 g/mol. The molecule has 2 heteroatoms. The highest BCUT2D eigenvalue weighted by Gasteiger charge is 1.99. The highest BCUT2D eigenvalue weighted by Crippen LogP contribution is 2.19. The van der Waals surface area contributed by atoms with Crippen molar-refractivity contribution in [2.24, 2.45) is 5.84 Å². The number of hydrazine groups is 1. The first-order valence-electron chi connectivity index (χ1n) is 3.84. The van der Waals surface area contributed by atoms with Gasteiger partial charge in [0.25, 0.3) is 0 Å². The second-order valence-corrected chi connectivity index (χ2v) is 2.61. The standard InChI is InChI=1S/C9H14N2/c1-3-8-6-4-5-7(2)9(8)11-10/h4-6,11H,3,10H2,1-2H3. The number of anilines is 1. The number of benzene rings is 1. The quantitative estimate of drug-likeness (QED) is 0.498. The Morgan fingerprint density at radius 3 is 2.64 bits per heavy atom. The fraction of sp³-hybridized carbons (Fsp3) is 0.333. The summed E-state index contributed by atoms with van der Waals surface area (Å²) in [5, 5.41) is 0. The minimum Gasteiger partial charge on any atom is -0.324 e. The molecule has 0 radical (unpaired) electrons. The molecule has 0 aliphatic heterocycles. The molecule has 0 bridgehead atoms. The second-order valence-electron chi connectivity index (χ2n) is 2.61. The van der Waals surface area contributed by atoms with E-state index in [0.29, 0.717) is 0 Å². The van der Waals surface area contributed by atoms with E-state index in [1.165, 1.54) is 11.1 Å². The van der Waals surface area contributed by atoms with Crippen LogP contribution in [-0.2, 0) is 6.42 Å². The third-order valence-electron chi connectivity index (χ3n) is 1.88. The molecule has 2 nitrogen and oxygen atoms in total. The van der Waals surface area contributed by atoms with Gasteiger partial charge in [0.05, 0.1) is 5.69 Å². The van der Waals surface area contributed by atoms with E-state index in [9.17, 15) is 0 Å². The van der Waals surface area contributed by atoms with Crippen LogP contribution in [0.4, 0.5) is 5.69 Å². The minimum absolute atomic E-state index is 1.02. The van der Waals surface area contributed by atoms with Gasteiger partial charge in [0.1, 0.15) is 0 Å². The second kappa shape index (κ2) is 3.39. The first kappa shape index (κ1) is 8.08. The lowest BCUT2D eigenvalue weighted by Gasteiger charge is -2.09. The largest absolute Gasteiger partial charge is 0.324 e. The van der Waals surface area contributed by atoms with Crippen molar-refractivity contribution in [3.8, 4) is 0 Å². The Labute approximate surface area is 67.4 Å². The summed E-state index contributed by atoms with van der Waals surface area (Å²) in [6.07, 6.45) is 1.02. The maximum absolute atomic E-state index is 5.38. The smallest absolute Gasteiger partial charge is 0.0546 e. The van der Waals surface area contributed by atoms with Gasteiger partial charge in [0.15, 0.2) is 0 Å². The third-order valence-corrected chi connectivity index (χ3v) is 1.88. The van der Waals surface area contributed by atoms with Gasteiger partial charge in [-0.15, -0.1) is 0 Å². The number of aryl methyl sites for hydroxylation is 2. The number of rotatable bonds is 2. The van der Waals surface area contributed by atoms with Crippen molar-refractivity contribution in [2.45, 2.75) is 20.3 Å². The van der Waals surface area contributed by atoms with Crippen LogP contribution in [-0.4, -0.2) is 0 Å². The number of nitrogens with two attached hydrogens (primary N) is 1. The Morgan fingerprint density at radius 2 is 2.18 bits per heavy atom. The van der Waals surface area contributed by atoms with Gasteiger partial charge < -0.3 is 5.43 Å². The first-order chi connectivity index (χ1) is 5.29. The maximum atomic E-state index is 5.38. The van der Waals surface area contributed by atoms with E-state index in [1.807, 2.05) is 13.0 Å². The van der Waals surface area contributed by atoms with Crippen molar-refractivity contribution < 1.29 is 0 Å². The first-order valence-corrected chi connectivity index (χ1v) is 3.84. The summed E-state index contributed by atoms with van der Waals surface area (Å²) in [6, 6.07) is 6.19. The van der Waals surface area contributed by atoms with Crippen LogP contribution in [0.15, 0.2) is 18.2 Å². The molecule has 0 spiro atoms. The Balaban J connectivity index is 3.13. The van der Waals surface area contributed by atoms with Gasteiger partial charge in [-0.25, -0.2) is 0 Å². The molecule has 1 aromatic rings. The van der Waals surface area contributed by atoms with Gasteiger partial charge in [-0.1, -0.05) is 25.1 Å². The highest BCUT2D eigenvalue weighted by atomic mass is 15.2. The van der Waals surface area contributed by atoms with Gasteiger partial charge in [-0.3, -0.25) is 5.84 Å². The Morgan fingerprint density at radius 1 is 1.45 bits per heavy atom. The molecule has 1 aromatic carbocycles. The fourth-order valence-corrected chi connectivity index (χ4v) is 1.23. The summed E-state index contributed by atoms with van der Waals surface area (Å²) < 4.78 is 0. The Hall–Kier alpha value is -1.02. The van der Waals surface area contributed by atoms with Gasteiger partial charge in [-0.05, 0) is 24.5 Å². The molecule has 11 heavy (non-hydrogen) atoms. The van der Waals surface area contributed by atoms with Crippen molar-refractivity contribution >= 4 is 5.69 Å². The number of hydrogen-bond acceptors (Lipinski definition) is 2. The molecule has 0 aliphatic carbocycles. The average Bonchev–Trinajstić information content (AvgIpc) is 2.04. The number of nitrogens with one attached hydrogen (secondary N) is 1. The van der Waals surface area contributed by atoms with Crippen molar-refractivity contribution in [3.63, 3.8) is 0 Å². The maximum Gasteiger partial charge on any atom is 0.0546 e. The number of nitrogen functional groups attached to an aromatic ring is 1. The van der Waals surface area contributed by atoms with Crippen LogP contribution in [0.3, 0.4) is 0 Å². The zero-order valence-corrected chi connectivity index (χ0v) is 7.02. The summed E-state index contributed by atoms with van der Waals surface area (Å²) in [6.45, 7) is 4.17. The summed E-state index contributed by atoms with van der Waals surface area (Å²) >= 11 is 0. The SMILES string of the molecule is CCc1cccc(C)c1NN. The molecule has 0 amide bonds. The summed E-state index contributed by atoms with van der Waals surface area (Å²) in [5.41, 5.74) is 6.25. The molecule has 0 atom stereocenters. The van der Waals surface area contributed by atoms with Crippen LogP contribution in [0.5, 0.6) is 0 Å². The van der Waals surface area contributed by atoms with Crippen LogP contribution >= 0.6 is 0 Å². The summed E-state index contributed by atoms with van der Waals surface area (Å²) in [5.74, 6) is 5.38. The monoisotopic (exact) mass is 150 g/mol. The lowest BCUT2D eigenvalue weighted by atomic mass is 10.1. The van der Waals surface area contributed by atoms with Crippen LogP contribution in [0, 0.1) is 6.92 Å². The zero-order valence-electron chi connectivity index (χ0n) is 7.02. The van der Waals surface area contributed by atoms with E-state index in [1.54, 1.807) is 0 Å². The zero-order chi connectivity index (χ0) is 8.27. The van der Waals surface area contributed by atoms with E-state index in [4.69, 9.17) is 5.84 Å². The van der Waals surface area contributed by atoms with E-state index >= 15 is 0 Å². The molecule has 1 rings (SSSR count). The van der Waals surface area contributed by atoms with Gasteiger partial charge in [0.2, 0.25) is 0 Å². The molecular weight excluding hydrogens is 136 g/mol. The molecule has 0 fully saturated rings. The van der Waals surface area contributed by atoms with E-state index in [-0.39, 0.29) is 0 Å². The Kier molecular flexibility index (Phi) is 2.49. The molecule has 0 aliphatic rings. The molecule has 0 unspecified atom stereocenters. The van der Waals surface area contributed by atoms with Crippen molar-refractivity contribution in [3.05, 3.63) is 29.3 Å². The summed E-state index contributed by atoms with van der Waals surface area (Å²) in [4.78, 5) is 0. The fourth-order valence-electron chi connectivity index (χ4n) is 1.23. The predicted octanol–water partition coefficient (Wildman–Crippen LogP) is 1.84. The molecular formula is C9H14N2. The topological polar surface area (TPSA) is 38.0 Å². The van der Waals surface area contributed by atoms with Crippen LogP contribution in [0.25, 0.3) is 0 Å². The van der Waals surface area contributed by atoms with Crippen LogP contribution < -0.4 is 11.3 Å². The molecule has 60 valence electrons. The normalized spacial score (nSPS) is 9.73. The summed E-state index contributed by atoms with van der Waals surface area (Å²) in [7, 11) is 0. The van der Waals surface area contributed by atoms with Gasteiger partial charge >= 0.3 is 0 Å². The van der Waals surface area contributed by atoms with Crippen molar-refractivity contribution in [2.75, 3.05) is 5.43 Å². The minimum atomic E-state index is 1.02. The van der Waals surface area contributed by atoms with Crippen LogP contribution in [0.1, 0.15) is 18.1 Å². The van der Waals surface area contributed by atoms with Crippen molar-refractivity contribution in [1.82, 2.24) is 0 Å². The number of hydrogen-bond donors (Lipinski definition) is 2. The third kappa shape index (κ3) is 1.52. The van der Waals surface area contributed by atoms with Gasteiger partial charge in [0, 0.05) is 0 Å². The lowest BCUT2D eigenvalue weighted by Crippen LogP contribution is -2.10. The lowest BCUT2D eigenvalue weighted by molar-refractivity contribution is 1.12. The molecule has 3 N–H and O–H groups in total. The number of para-hydroxylation sites is 1. The highest BCUT2D eigenvalue weighted by molar-refractivity contribution is 5.56. The van der Waals surface area contributed by atoms with Crippen LogP contribution in [0.2, 0.25) is 0 Å². The van der Waals surface area contributed by atoms with E-state index in [2.05, 4.69) is 24.5 Å². The Bertz CT molecular complexity index is 243. The molecule has 0 heterocycles. The predicted molar refractivity (Wildman–Crippen MR) is 48.4 cm³/mol. The molecule has 0 saturated heterocycles. The molecule has 0 aromatic heterocycles. The molecule has 0 saturated carbocycles.